The predicted molar refractivity (Wildman–Crippen MR) is 79.1 cm³/mol. The highest BCUT2D eigenvalue weighted by Gasteiger charge is 2.22. The fraction of sp³-hybridized carbons (Fsp3) is 0.571. The number of nitro groups is 1. The molecule has 0 aliphatic heterocycles. The number of nitro benzene ring substituents is 1. The van der Waals surface area contributed by atoms with Crippen LogP contribution in [0.15, 0.2) is 22.7 Å². The molecule has 0 amide bonds. The minimum atomic E-state index is -0.316. The van der Waals surface area contributed by atoms with Gasteiger partial charge < -0.3 is 5.32 Å². The van der Waals surface area contributed by atoms with Crippen molar-refractivity contribution in [3.05, 3.63) is 38.3 Å². The van der Waals surface area contributed by atoms with Crippen molar-refractivity contribution < 1.29 is 4.92 Å². The molecule has 0 radical (unpaired) electrons. The zero-order valence-electron chi connectivity index (χ0n) is 11.1. The van der Waals surface area contributed by atoms with Crippen molar-refractivity contribution >= 4 is 21.6 Å². The summed E-state index contributed by atoms with van der Waals surface area (Å²) in [6.07, 6.45) is 5.17. The molecule has 0 aromatic heterocycles. The molecular weight excluding hydrogens is 308 g/mol. The van der Waals surface area contributed by atoms with Gasteiger partial charge in [0.2, 0.25) is 0 Å². The number of nitrogens with one attached hydrogen (secondary N) is 1. The number of hydrogen-bond acceptors (Lipinski definition) is 3. The van der Waals surface area contributed by atoms with Crippen LogP contribution in [0.3, 0.4) is 0 Å². The van der Waals surface area contributed by atoms with Gasteiger partial charge in [0, 0.05) is 28.7 Å². The maximum Gasteiger partial charge on any atom is 0.273 e. The quantitative estimate of drug-likeness (QED) is 0.656. The lowest BCUT2D eigenvalue weighted by atomic mass is 9.99. The van der Waals surface area contributed by atoms with E-state index in [1.807, 2.05) is 6.07 Å². The monoisotopic (exact) mass is 326 g/mol. The summed E-state index contributed by atoms with van der Waals surface area (Å²) in [6.45, 7) is 2.73. The van der Waals surface area contributed by atoms with Crippen LogP contribution >= 0.6 is 15.9 Å². The van der Waals surface area contributed by atoms with E-state index >= 15 is 0 Å². The van der Waals surface area contributed by atoms with Gasteiger partial charge in [-0.25, -0.2) is 0 Å². The van der Waals surface area contributed by atoms with E-state index < -0.39 is 0 Å². The van der Waals surface area contributed by atoms with Crippen molar-refractivity contribution in [3.63, 3.8) is 0 Å². The fourth-order valence-corrected chi connectivity index (χ4v) is 3.18. The van der Waals surface area contributed by atoms with Crippen molar-refractivity contribution in [2.45, 2.75) is 45.2 Å². The third-order valence-corrected chi connectivity index (χ3v) is 4.45. The van der Waals surface area contributed by atoms with Crippen LogP contribution in [0.2, 0.25) is 0 Å². The van der Waals surface area contributed by atoms with Crippen LogP contribution in [-0.4, -0.2) is 11.0 Å². The minimum Gasteiger partial charge on any atom is -0.310 e. The van der Waals surface area contributed by atoms with Crippen LogP contribution in [0.25, 0.3) is 0 Å². The first-order valence-corrected chi connectivity index (χ1v) is 7.53. The molecule has 104 valence electrons. The van der Waals surface area contributed by atoms with E-state index in [2.05, 4.69) is 28.2 Å². The molecule has 0 bridgehead atoms. The van der Waals surface area contributed by atoms with E-state index in [-0.39, 0.29) is 10.6 Å². The molecule has 1 atom stereocenters. The van der Waals surface area contributed by atoms with Gasteiger partial charge in [0.15, 0.2) is 0 Å². The molecule has 0 heterocycles. The molecule has 1 saturated carbocycles. The summed E-state index contributed by atoms with van der Waals surface area (Å²) in [4.78, 5) is 10.7. The van der Waals surface area contributed by atoms with Gasteiger partial charge >= 0.3 is 0 Å². The standard InChI is InChI=1S/C14H19BrN2O2/c1-10(11-4-2-3-5-11)16-9-12-8-13(15)6-7-14(12)17(18)19/h6-8,10-11,16H,2-5,9H2,1H3/t10-/m0/s1. The van der Waals surface area contributed by atoms with Crippen molar-refractivity contribution in [3.8, 4) is 0 Å². The molecule has 5 heteroatoms. The maximum atomic E-state index is 11.0. The Hall–Kier alpha value is -0.940. The topological polar surface area (TPSA) is 55.2 Å². The largest absolute Gasteiger partial charge is 0.310 e. The first-order valence-electron chi connectivity index (χ1n) is 6.74. The molecule has 1 fully saturated rings. The van der Waals surface area contributed by atoms with Crippen LogP contribution in [0.5, 0.6) is 0 Å². The molecule has 19 heavy (non-hydrogen) atoms. The first kappa shape index (κ1) is 14.5. The molecule has 1 N–H and O–H groups in total. The SMILES string of the molecule is C[C@H](NCc1cc(Br)ccc1[N+](=O)[O-])C1CCCC1. The van der Waals surface area contributed by atoms with Gasteiger partial charge in [-0.15, -0.1) is 0 Å². The maximum absolute atomic E-state index is 11.0. The summed E-state index contributed by atoms with van der Waals surface area (Å²) in [5.74, 6) is 0.714. The number of halogens is 1. The third-order valence-electron chi connectivity index (χ3n) is 3.96. The Morgan fingerprint density at radius 3 is 2.79 bits per heavy atom. The van der Waals surface area contributed by atoms with Crippen LogP contribution in [0.4, 0.5) is 5.69 Å². The first-order chi connectivity index (χ1) is 9.08. The molecule has 2 rings (SSSR count). The van der Waals surface area contributed by atoms with E-state index in [0.29, 0.717) is 18.5 Å². The van der Waals surface area contributed by atoms with Gasteiger partial charge in [-0.3, -0.25) is 10.1 Å². The van der Waals surface area contributed by atoms with E-state index in [1.165, 1.54) is 25.7 Å². The molecule has 4 nitrogen and oxygen atoms in total. The second-order valence-corrected chi connectivity index (χ2v) is 6.16. The van der Waals surface area contributed by atoms with Gasteiger partial charge in [0.1, 0.15) is 0 Å². The summed E-state index contributed by atoms with van der Waals surface area (Å²) in [5, 5.41) is 14.4. The molecule has 0 unspecified atom stereocenters. The summed E-state index contributed by atoms with van der Waals surface area (Å²) in [6, 6.07) is 5.51. The Balaban J connectivity index is 2.01. The normalized spacial score (nSPS) is 17.6. The second-order valence-electron chi connectivity index (χ2n) is 5.24. The summed E-state index contributed by atoms with van der Waals surface area (Å²) in [5.41, 5.74) is 0.929. The van der Waals surface area contributed by atoms with E-state index in [9.17, 15) is 10.1 Å². The Labute approximate surface area is 121 Å². The Morgan fingerprint density at radius 2 is 2.16 bits per heavy atom. The zero-order valence-corrected chi connectivity index (χ0v) is 12.6. The van der Waals surface area contributed by atoms with Gasteiger partial charge in [-0.1, -0.05) is 28.8 Å². The Bertz CT molecular complexity index is 459. The van der Waals surface area contributed by atoms with Crippen LogP contribution in [-0.2, 0) is 6.54 Å². The molecular formula is C14H19BrN2O2. The number of nitrogens with zero attached hydrogens (tertiary/aromatic N) is 1. The summed E-state index contributed by atoms with van der Waals surface area (Å²) >= 11 is 3.37. The predicted octanol–water partition coefficient (Wildman–Crippen LogP) is 4.03. The van der Waals surface area contributed by atoms with Crippen LogP contribution in [0, 0.1) is 16.0 Å². The zero-order chi connectivity index (χ0) is 13.8. The Kier molecular flexibility index (Phi) is 4.93. The van der Waals surface area contributed by atoms with E-state index in [1.54, 1.807) is 12.1 Å². The number of benzene rings is 1. The minimum absolute atomic E-state index is 0.189. The van der Waals surface area contributed by atoms with Crippen molar-refractivity contribution in [1.82, 2.24) is 5.32 Å². The van der Waals surface area contributed by atoms with Gasteiger partial charge in [0.25, 0.3) is 5.69 Å². The van der Waals surface area contributed by atoms with Crippen molar-refractivity contribution in [1.29, 1.82) is 0 Å². The smallest absolute Gasteiger partial charge is 0.273 e. The van der Waals surface area contributed by atoms with Gasteiger partial charge in [-0.05, 0) is 37.8 Å². The van der Waals surface area contributed by atoms with Gasteiger partial charge in [-0.2, -0.15) is 0 Å². The third kappa shape index (κ3) is 3.76. The lowest BCUT2D eigenvalue weighted by Crippen LogP contribution is -2.31. The highest BCUT2D eigenvalue weighted by molar-refractivity contribution is 9.10. The number of hydrogen-bond donors (Lipinski definition) is 1. The molecule has 1 aliphatic carbocycles. The fourth-order valence-electron chi connectivity index (χ4n) is 2.77. The molecule has 0 spiro atoms. The summed E-state index contributed by atoms with van der Waals surface area (Å²) < 4.78 is 0.878. The number of rotatable bonds is 5. The molecule has 0 saturated heterocycles. The van der Waals surface area contributed by atoms with Crippen molar-refractivity contribution in [2.75, 3.05) is 0 Å². The average Bonchev–Trinajstić information content (AvgIpc) is 2.89. The molecule has 1 aliphatic rings. The summed E-state index contributed by atoms with van der Waals surface area (Å²) in [7, 11) is 0. The van der Waals surface area contributed by atoms with Gasteiger partial charge in [0.05, 0.1) is 4.92 Å². The van der Waals surface area contributed by atoms with Crippen molar-refractivity contribution in [2.24, 2.45) is 5.92 Å². The highest BCUT2D eigenvalue weighted by atomic mass is 79.9. The van der Waals surface area contributed by atoms with Crippen LogP contribution < -0.4 is 5.32 Å². The highest BCUT2D eigenvalue weighted by Crippen LogP contribution is 2.28. The lowest BCUT2D eigenvalue weighted by molar-refractivity contribution is -0.385. The Morgan fingerprint density at radius 1 is 1.47 bits per heavy atom. The molecule has 1 aromatic carbocycles. The van der Waals surface area contributed by atoms with E-state index in [4.69, 9.17) is 0 Å². The van der Waals surface area contributed by atoms with E-state index in [0.717, 1.165) is 10.0 Å². The second kappa shape index (κ2) is 6.48. The van der Waals surface area contributed by atoms with Crippen LogP contribution in [0.1, 0.15) is 38.2 Å². The average molecular weight is 327 g/mol. The molecule has 1 aromatic rings. The lowest BCUT2D eigenvalue weighted by Gasteiger charge is -2.20.